The Morgan fingerprint density at radius 3 is 0.959 bits per heavy atom. The number of carbonyl (C=O) groups excluding carboxylic acids is 2. The van der Waals surface area contributed by atoms with Gasteiger partial charge in [-0.2, -0.15) is 0 Å². The fraction of sp³-hybridized carbons (Fsp3) is 0.941. The van der Waals surface area contributed by atoms with Crippen molar-refractivity contribution in [3.8, 4) is 0 Å². The molecule has 0 aromatic rings. The number of unbranched alkanes of at least 4 members (excludes halogenated alkanes) is 51. The Morgan fingerprint density at radius 2 is 0.635 bits per heavy atom. The number of amides is 1. The summed E-state index contributed by atoms with van der Waals surface area (Å²) in [6, 6.07) is -0.548. The van der Waals surface area contributed by atoms with Crippen LogP contribution in [0.25, 0.3) is 0 Å². The van der Waals surface area contributed by atoms with Crippen LogP contribution < -0.4 is 5.32 Å². The zero-order valence-electron chi connectivity index (χ0n) is 50.4. The third kappa shape index (κ3) is 59.8. The van der Waals surface area contributed by atoms with Gasteiger partial charge in [0.25, 0.3) is 0 Å². The summed E-state index contributed by atoms with van der Waals surface area (Å²) in [6.45, 7) is 4.98. The maximum absolute atomic E-state index is 12.5. The molecule has 0 rings (SSSR count). The molecule has 0 fully saturated rings. The van der Waals surface area contributed by atoms with E-state index in [0.29, 0.717) is 25.9 Å². The molecule has 440 valence electrons. The van der Waals surface area contributed by atoms with Gasteiger partial charge in [-0.3, -0.25) is 9.59 Å². The first kappa shape index (κ1) is 72.6. The lowest BCUT2D eigenvalue weighted by molar-refractivity contribution is -0.143. The summed E-state index contributed by atoms with van der Waals surface area (Å²) in [5.74, 6) is -0.0297. The Kier molecular flexibility index (Phi) is 62.9. The summed E-state index contributed by atoms with van der Waals surface area (Å²) in [4.78, 5) is 24.6. The van der Waals surface area contributed by atoms with Crippen molar-refractivity contribution >= 4 is 11.9 Å². The first-order chi connectivity index (χ1) is 36.5. The van der Waals surface area contributed by atoms with E-state index >= 15 is 0 Å². The largest absolute Gasteiger partial charge is 0.466 e. The minimum atomic E-state index is -0.671. The highest BCUT2D eigenvalue weighted by Crippen LogP contribution is 2.19. The van der Waals surface area contributed by atoms with Crippen LogP contribution in [0.1, 0.15) is 386 Å². The number of carbonyl (C=O) groups is 2. The van der Waals surface area contributed by atoms with E-state index in [1.165, 1.54) is 315 Å². The SMILES string of the molecule is CCCCCCCCCCCCCCCCCCCCCCCCCCC(O)C(CO)NC(=O)CCCCCCCCC/C=C\CCCCCCCCCCCOC(=O)CCCCCCCCCCCCCCC. The van der Waals surface area contributed by atoms with E-state index in [0.717, 1.165) is 38.5 Å². The Bertz CT molecular complexity index is 1110. The average Bonchev–Trinajstić information content (AvgIpc) is 3.40. The molecule has 0 aromatic heterocycles. The van der Waals surface area contributed by atoms with E-state index < -0.39 is 12.1 Å². The van der Waals surface area contributed by atoms with Crippen LogP contribution in [-0.4, -0.2) is 47.4 Å². The Morgan fingerprint density at radius 1 is 0.365 bits per heavy atom. The topological polar surface area (TPSA) is 95.9 Å². The van der Waals surface area contributed by atoms with Crippen molar-refractivity contribution in [3.63, 3.8) is 0 Å². The number of hydrogen-bond acceptors (Lipinski definition) is 5. The molecule has 0 aliphatic carbocycles. The molecule has 6 nitrogen and oxygen atoms in total. The van der Waals surface area contributed by atoms with Crippen LogP contribution in [0.15, 0.2) is 12.2 Å². The molecule has 0 saturated heterocycles. The molecule has 0 aliphatic heterocycles. The summed E-state index contributed by atoms with van der Waals surface area (Å²) >= 11 is 0. The molecule has 74 heavy (non-hydrogen) atoms. The van der Waals surface area contributed by atoms with Gasteiger partial charge in [-0.1, -0.05) is 334 Å². The predicted octanol–water partition coefficient (Wildman–Crippen LogP) is 21.6. The van der Waals surface area contributed by atoms with Crippen molar-refractivity contribution in [1.29, 1.82) is 0 Å². The zero-order chi connectivity index (χ0) is 53.6. The first-order valence-electron chi connectivity index (χ1n) is 33.9. The lowest BCUT2D eigenvalue weighted by Crippen LogP contribution is -2.45. The summed E-state index contributed by atoms with van der Waals surface area (Å²) in [7, 11) is 0. The highest BCUT2D eigenvalue weighted by atomic mass is 16.5. The summed E-state index contributed by atoms with van der Waals surface area (Å²) in [5.41, 5.74) is 0. The minimum Gasteiger partial charge on any atom is -0.466 e. The van der Waals surface area contributed by atoms with Gasteiger partial charge >= 0.3 is 5.97 Å². The third-order valence-corrected chi connectivity index (χ3v) is 16.1. The van der Waals surface area contributed by atoms with Crippen LogP contribution in [-0.2, 0) is 14.3 Å². The molecule has 0 radical (unpaired) electrons. The van der Waals surface area contributed by atoms with E-state index in [4.69, 9.17) is 4.74 Å². The molecule has 0 aromatic carbocycles. The predicted molar refractivity (Wildman–Crippen MR) is 324 cm³/mol. The van der Waals surface area contributed by atoms with Gasteiger partial charge < -0.3 is 20.3 Å². The fourth-order valence-electron chi connectivity index (χ4n) is 10.9. The standard InChI is InChI=1S/C68H133NO5/c1-3-5-7-9-11-13-15-17-18-19-20-21-22-23-24-27-30-33-37-40-44-48-52-56-60-66(71)65(64-70)69-67(72)61-57-53-49-45-41-38-34-31-28-25-26-29-32-35-39-43-47-51-55-59-63-74-68(73)62-58-54-50-46-42-36-16-14-12-10-8-6-4-2/h25,28,65-66,70-71H,3-24,26-27,29-64H2,1-2H3,(H,69,72)/b28-25-. The van der Waals surface area contributed by atoms with E-state index in [2.05, 4.69) is 31.3 Å². The van der Waals surface area contributed by atoms with Crippen LogP contribution >= 0.6 is 0 Å². The second-order valence-electron chi connectivity index (χ2n) is 23.5. The summed E-state index contributed by atoms with van der Waals surface area (Å²) in [5, 5.41) is 23.4. The molecule has 3 N–H and O–H groups in total. The summed E-state index contributed by atoms with van der Waals surface area (Å²) in [6.07, 6.45) is 78.1. The lowest BCUT2D eigenvalue weighted by Gasteiger charge is -2.22. The third-order valence-electron chi connectivity index (χ3n) is 16.1. The Hall–Kier alpha value is -1.40. The number of allylic oxidation sites excluding steroid dienone is 2. The van der Waals surface area contributed by atoms with Crippen molar-refractivity contribution in [1.82, 2.24) is 5.32 Å². The quantitative estimate of drug-likeness (QED) is 0.0320. The maximum atomic E-state index is 12.5. The van der Waals surface area contributed by atoms with Gasteiger partial charge in [0.2, 0.25) is 5.91 Å². The lowest BCUT2D eigenvalue weighted by atomic mass is 10.0. The van der Waals surface area contributed by atoms with Crippen molar-refractivity contribution in [2.45, 2.75) is 398 Å². The molecular weight excluding hydrogens is 911 g/mol. The smallest absolute Gasteiger partial charge is 0.305 e. The van der Waals surface area contributed by atoms with Gasteiger partial charge in [-0.15, -0.1) is 0 Å². The fourth-order valence-corrected chi connectivity index (χ4v) is 10.9. The zero-order valence-corrected chi connectivity index (χ0v) is 50.4. The second-order valence-corrected chi connectivity index (χ2v) is 23.5. The molecule has 2 atom stereocenters. The molecule has 2 unspecified atom stereocenters. The van der Waals surface area contributed by atoms with Gasteiger partial charge in [0.05, 0.1) is 25.4 Å². The van der Waals surface area contributed by atoms with E-state index in [1.54, 1.807) is 0 Å². The first-order valence-corrected chi connectivity index (χ1v) is 33.9. The number of esters is 1. The second kappa shape index (κ2) is 64.1. The summed E-state index contributed by atoms with van der Waals surface area (Å²) < 4.78 is 5.48. The highest BCUT2D eigenvalue weighted by molar-refractivity contribution is 5.76. The molecule has 6 heteroatoms. The number of aliphatic hydroxyl groups is 2. The number of aliphatic hydroxyl groups excluding tert-OH is 2. The van der Waals surface area contributed by atoms with Gasteiger partial charge in [0.15, 0.2) is 0 Å². The van der Waals surface area contributed by atoms with Crippen LogP contribution in [0.2, 0.25) is 0 Å². The van der Waals surface area contributed by atoms with Crippen LogP contribution in [0.3, 0.4) is 0 Å². The number of ether oxygens (including phenoxy) is 1. The van der Waals surface area contributed by atoms with Crippen molar-refractivity contribution in [2.24, 2.45) is 0 Å². The molecule has 0 bridgehead atoms. The number of hydrogen-bond donors (Lipinski definition) is 3. The normalized spacial score (nSPS) is 12.5. The molecule has 0 saturated carbocycles. The molecule has 0 spiro atoms. The highest BCUT2D eigenvalue weighted by Gasteiger charge is 2.20. The number of nitrogens with one attached hydrogen (secondary N) is 1. The van der Waals surface area contributed by atoms with Crippen molar-refractivity contribution in [2.75, 3.05) is 13.2 Å². The van der Waals surface area contributed by atoms with Crippen molar-refractivity contribution in [3.05, 3.63) is 12.2 Å². The van der Waals surface area contributed by atoms with E-state index in [9.17, 15) is 19.8 Å². The van der Waals surface area contributed by atoms with E-state index in [1.807, 2.05) is 0 Å². The van der Waals surface area contributed by atoms with E-state index in [-0.39, 0.29) is 18.5 Å². The molecule has 1 amide bonds. The van der Waals surface area contributed by atoms with Crippen LogP contribution in [0, 0.1) is 0 Å². The molecule has 0 heterocycles. The minimum absolute atomic E-state index is 0.00897. The maximum Gasteiger partial charge on any atom is 0.305 e. The number of rotatable bonds is 64. The average molecular weight is 1040 g/mol. The van der Waals surface area contributed by atoms with Gasteiger partial charge in [0, 0.05) is 12.8 Å². The molecule has 0 aliphatic rings. The Labute approximate surface area is 463 Å². The van der Waals surface area contributed by atoms with Gasteiger partial charge in [-0.05, 0) is 51.4 Å². The monoisotopic (exact) mass is 1040 g/mol. The van der Waals surface area contributed by atoms with Gasteiger partial charge in [0.1, 0.15) is 0 Å². The van der Waals surface area contributed by atoms with Crippen LogP contribution in [0.5, 0.6) is 0 Å². The van der Waals surface area contributed by atoms with Crippen LogP contribution in [0.4, 0.5) is 0 Å². The van der Waals surface area contributed by atoms with Gasteiger partial charge in [-0.25, -0.2) is 0 Å². The van der Waals surface area contributed by atoms with Crippen molar-refractivity contribution < 1.29 is 24.5 Å². The Balaban J connectivity index is 3.42. The molecular formula is C68H133NO5.